The third-order valence-electron chi connectivity index (χ3n) is 6.42. The summed E-state index contributed by atoms with van der Waals surface area (Å²) < 4.78 is 10.9. The predicted molar refractivity (Wildman–Crippen MR) is 138 cm³/mol. The van der Waals surface area contributed by atoms with Crippen LogP contribution in [0.1, 0.15) is 71.7 Å². The summed E-state index contributed by atoms with van der Waals surface area (Å²) in [6, 6.07) is 13.8. The standard InChI is InChI=1S/C27H36ClN3O4/c1-18(29-2)17-31-26(32)23-14-21(19-7-4-5-8-19)13-22(15-23)25(20-9-6-10-24(28)16-20)35-12-11-30-27(33)34-3/h6,9-10,13-16,18-19,25,29H,4-5,7-8,11-12,17H2,1-3H3,(H,30,33)(H,31,32). The first-order valence-corrected chi connectivity index (χ1v) is 12.6. The number of alkyl carbamates (subject to hydrolysis) is 1. The van der Waals surface area contributed by atoms with Gasteiger partial charge in [0, 0.05) is 29.7 Å². The fourth-order valence-corrected chi connectivity index (χ4v) is 4.56. The molecule has 2 unspecified atom stereocenters. The van der Waals surface area contributed by atoms with Gasteiger partial charge < -0.3 is 25.4 Å². The highest BCUT2D eigenvalue weighted by molar-refractivity contribution is 6.30. The van der Waals surface area contributed by atoms with Crippen molar-refractivity contribution < 1.29 is 19.1 Å². The van der Waals surface area contributed by atoms with Gasteiger partial charge in [-0.1, -0.05) is 42.6 Å². The molecule has 2 amide bonds. The first kappa shape index (κ1) is 27.0. The Bertz CT molecular complexity index is 994. The minimum Gasteiger partial charge on any atom is -0.453 e. The molecule has 2 aromatic rings. The highest BCUT2D eigenvalue weighted by Gasteiger charge is 2.23. The van der Waals surface area contributed by atoms with Crippen LogP contribution in [0.3, 0.4) is 0 Å². The van der Waals surface area contributed by atoms with Gasteiger partial charge in [-0.3, -0.25) is 4.79 Å². The smallest absolute Gasteiger partial charge is 0.406 e. The molecular formula is C27H36ClN3O4. The molecule has 0 radical (unpaired) electrons. The van der Waals surface area contributed by atoms with E-state index in [4.69, 9.17) is 16.3 Å². The van der Waals surface area contributed by atoms with Crippen LogP contribution in [0.2, 0.25) is 5.02 Å². The number of ether oxygens (including phenoxy) is 2. The van der Waals surface area contributed by atoms with E-state index < -0.39 is 12.2 Å². The summed E-state index contributed by atoms with van der Waals surface area (Å²) in [6.07, 6.45) is 3.68. The van der Waals surface area contributed by atoms with Crippen LogP contribution >= 0.6 is 11.6 Å². The number of halogens is 1. The lowest BCUT2D eigenvalue weighted by Gasteiger charge is -2.22. The Hall–Kier alpha value is -2.61. The van der Waals surface area contributed by atoms with Crippen molar-refractivity contribution in [1.82, 2.24) is 16.0 Å². The molecule has 190 valence electrons. The summed E-state index contributed by atoms with van der Waals surface area (Å²) >= 11 is 6.30. The average Bonchev–Trinajstić information content (AvgIpc) is 3.41. The van der Waals surface area contributed by atoms with E-state index in [-0.39, 0.29) is 18.6 Å². The van der Waals surface area contributed by atoms with Crippen LogP contribution in [-0.4, -0.2) is 51.9 Å². The predicted octanol–water partition coefficient (Wildman–Crippen LogP) is 4.80. The molecule has 0 bridgehead atoms. The molecule has 1 fully saturated rings. The number of amides is 2. The molecule has 3 N–H and O–H groups in total. The number of likely N-dealkylation sites (N-methyl/N-ethyl adjacent to an activating group) is 1. The summed E-state index contributed by atoms with van der Waals surface area (Å²) in [5, 5.41) is 9.41. The second kappa shape index (κ2) is 13.5. The molecule has 7 nitrogen and oxygen atoms in total. The van der Waals surface area contributed by atoms with Gasteiger partial charge in [-0.15, -0.1) is 0 Å². The number of hydrogen-bond donors (Lipinski definition) is 3. The van der Waals surface area contributed by atoms with Crippen LogP contribution in [0.4, 0.5) is 4.79 Å². The molecule has 1 aliphatic carbocycles. The van der Waals surface area contributed by atoms with E-state index in [0.29, 0.717) is 29.6 Å². The van der Waals surface area contributed by atoms with Crippen molar-refractivity contribution in [2.75, 3.05) is 33.9 Å². The Labute approximate surface area is 212 Å². The van der Waals surface area contributed by atoms with Crippen molar-refractivity contribution in [3.8, 4) is 0 Å². The topological polar surface area (TPSA) is 88.7 Å². The SMILES string of the molecule is CNC(C)CNC(=O)c1cc(C2CCCC2)cc(C(OCCNC(=O)OC)c2cccc(Cl)c2)c1. The van der Waals surface area contributed by atoms with Gasteiger partial charge in [-0.2, -0.15) is 0 Å². The number of hydrogen-bond acceptors (Lipinski definition) is 5. The van der Waals surface area contributed by atoms with Crippen LogP contribution in [0.25, 0.3) is 0 Å². The summed E-state index contributed by atoms with van der Waals surface area (Å²) in [7, 11) is 3.20. The Kier molecular flexibility index (Phi) is 10.4. The van der Waals surface area contributed by atoms with Gasteiger partial charge in [0.05, 0.1) is 13.7 Å². The van der Waals surface area contributed by atoms with Crippen molar-refractivity contribution >= 4 is 23.6 Å². The van der Waals surface area contributed by atoms with E-state index in [1.807, 2.05) is 50.4 Å². The van der Waals surface area contributed by atoms with Crippen LogP contribution < -0.4 is 16.0 Å². The van der Waals surface area contributed by atoms with Gasteiger partial charge in [0.25, 0.3) is 5.91 Å². The Balaban J connectivity index is 1.93. The quantitative estimate of drug-likeness (QED) is 0.385. The molecule has 0 aliphatic heterocycles. The van der Waals surface area contributed by atoms with Gasteiger partial charge >= 0.3 is 6.09 Å². The summed E-state index contributed by atoms with van der Waals surface area (Å²) in [4.78, 5) is 24.5. The van der Waals surface area contributed by atoms with Crippen LogP contribution in [0.5, 0.6) is 0 Å². The Morgan fingerprint density at radius 1 is 1.09 bits per heavy atom. The Morgan fingerprint density at radius 2 is 1.86 bits per heavy atom. The van der Waals surface area contributed by atoms with Crippen molar-refractivity contribution in [1.29, 1.82) is 0 Å². The molecule has 35 heavy (non-hydrogen) atoms. The maximum atomic E-state index is 13.1. The normalized spacial score (nSPS) is 15.4. The average molecular weight is 502 g/mol. The van der Waals surface area contributed by atoms with Gasteiger partial charge in [-0.25, -0.2) is 4.79 Å². The molecular weight excluding hydrogens is 466 g/mol. The van der Waals surface area contributed by atoms with Crippen molar-refractivity contribution in [3.63, 3.8) is 0 Å². The summed E-state index contributed by atoms with van der Waals surface area (Å²) in [5.41, 5.74) is 3.56. The zero-order valence-electron chi connectivity index (χ0n) is 20.7. The van der Waals surface area contributed by atoms with E-state index >= 15 is 0 Å². The number of carbonyl (C=O) groups is 2. The van der Waals surface area contributed by atoms with E-state index in [9.17, 15) is 9.59 Å². The molecule has 0 aromatic heterocycles. The van der Waals surface area contributed by atoms with E-state index in [0.717, 1.165) is 29.5 Å². The van der Waals surface area contributed by atoms with Crippen molar-refractivity contribution in [3.05, 3.63) is 69.7 Å². The zero-order chi connectivity index (χ0) is 25.2. The molecule has 0 heterocycles. The minimum atomic E-state index is -0.508. The molecule has 1 saturated carbocycles. The monoisotopic (exact) mass is 501 g/mol. The van der Waals surface area contributed by atoms with Crippen LogP contribution in [0, 0.1) is 0 Å². The second-order valence-electron chi connectivity index (χ2n) is 8.99. The van der Waals surface area contributed by atoms with Crippen molar-refractivity contribution in [2.45, 2.75) is 50.7 Å². The van der Waals surface area contributed by atoms with Crippen LogP contribution in [0.15, 0.2) is 42.5 Å². The van der Waals surface area contributed by atoms with E-state index in [1.165, 1.54) is 20.0 Å². The number of rotatable bonds is 11. The number of benzene rings is 2. The fraction of sp³-hybridized carbons (Fsp3) is 0.481. The number of methoxy groups -OCH3 is 1. The molecule has 8 heteroatoms. The molecule has 2 atom stereocenters. The summed E-state index contributed by atoms with van der Waals surface area (Å²) in [6.45, 7) is 3.11. The highest BCUT2D eigenvalue weighted by atomic mass is 35.5. The van der Waals surface area contributed by atoms with Crippen LogP contribution in [-0.2, 0) is 9.47 Å². The van der Waals surface area contributed by atoms with Gasteiger partial charge in [0.15, 0.2) is 0 Å². The third kappa shape index (κ3) is 7.95. The van der Waals surface area contributed by atoms with Gasteiger partial charge in [0.1, 0.15) is 6.10 Å². The molecule has 0 saturated heterocycles. The minimum absolute atomic E-state index is 0.106. The first-order chi connectivity index (χ1) is 16.9. The summed E-state index contributed by atoms with van der Waals surface area (Å²) in [5.74, 6) is 0.323. The largest absolute Gasteiger partial charge is 0.453 e. The fourth-order valence-electron chi connectivity index (χ4n) is 4.36. The first-order valence-electron chi connectivity index (χ1n) is 12.2. The van der Waals surface area contributed by atoms with Gasteiger partial charge in [-0.05, 0) is 73.7 Å². The third-order valence-corrected chi connectivity index (χ3v) is 6.66. The molecule has 2 aromatic carbocycles. The lowest BCUT2D eigenvalue weighted by Crippen LogP contribution is -2.37. The lowest BCUT2D eigenvalue weighted by atomic mass is 9.90. The number of nitrogens with one attached hydrogen (secondary N) is 3. The molecule has 0 spiro atoms. The van der Waals surface area contributed by atoms with E-state index in [1.54, 1.807) is 0 Å². The lowest BCUT2D eigenvalue weighted by molar-refractivity contribution is 0.0803. The highest BCUT2D eigenvalue weighted by Crippen LogP contribution is 2.37. The maximum absolute atomic E-state index is 13.1. The second-order valence-corrected chi connectivity index (χ2v) is 9.43. The maximum Gasteiger partial charge on any atom is 0.406 e. The zero-order valence-corrected chi connectivity index (χ0v) is 21.5. The molecule has 1 aliphatic rings. The van der Waals surface area contributed by atoms with E-state index in [2.05, 4.69) is 26.8 Å². The molecule has 3 rings (SSSR count). The Morgan fingerprint density at radius 3 is 2.54 bits per heavy atom. The number of carbonyl (C=O) groups excluding carboxylic acids is 2. The van der Waals surface area contributed by atoms with Gasteiger partial charge in [0.2, 0.25) is 0 Å². The van der Waals surface area contributed by atoms with Crippen molar-refractivity contribution in [2.24, 2.45) is 0 Å².